The SMILES string of the molecule is CSc1ccc2c(c1)-c1ccc(NC(C)=O)cc1C2. The molecule has 1 amide bonds. The zero-order valence-corrected chi connectivity index (χ0v) is 11.8. The number of benzene rings is 2. The normalized spacial score (nSPS) is 11.9. The number of fused-ring (bicyclic) bond motifs is 3. The molecule has 0 radical (unpaired) electrons. The van der Waals surface area contributed by atoms with Crippen molar-refractivity contribution in [3.8, 4) is 11.1 Å². The average Bonchev–Trinajstić information content (AvgIpc) is 2.74. The molecule has 19 heavy (non-hydrogen) atoms. The van der Waals surface area contributed by atoms with E-state index in [4.69, 9.17) is 0 Å². The number of hydrogen-bond donors (Lipinski definition) is 1. The van der Waals surface area contributed by atoms with Crippen molar-refractivity contribution in [2.75, 3.05) is 11.6 Å². The maximum Gasteiger partial charge on any atom is 0.221 e. The number of thioether (sulfide) groups is 1. The summed E-state index contributed by atoms with van der Waals surface area (Å²) in [6.07, 6.45) is 3.05. The van der Waals surface area contributed by atoms with Gasteiger partial charge in [0.25, 0.3) is 0 Å². The van der Waals surface area contributed by atoms with Crippen LogP contribution < -0.4 is 5.32 Å². The standard InChI is InChI=1S/C16H15NOS/c1-10(18)17-13-4-6-15-12(8-13)7-11-3-5-14(19-2)9-16(11)15/h3-6,8-9H,7H2,1-2H3,(H,17,18). The van der Waals surface area contributed by atoms with Crippen LogP contribution >= 0.6 is 11.8 Å². The van der Waals surface area contributed by atoms with Gasteiger partial charge in [0.2, 0.25) is 5.91 Å². The van der Waals surface area contributed by atoms with Crippen LogP contribution in [0.15, 0.2) is 41.3 Å². The highest BCUT2D eigenvalue weighted by Gasteiger charge is 2.18. The van der Waals surface area contributed by atoms with Gasteiger partial charge in [-0.1, -0.05) is 12.1 Å². The van der Waals surface area contributed by atoms with Gasteiger partial charge in [0, 0.05) is 17.5 Å². The van der Waals surface area contributed by atoms with E-state index in [1.165, 1.54) is 34.1 Å². The molecule has 0 atom stereocenters. The molecule has 0 spiro atoms. The van der Waals surface area contributed by atoms with Crippen LogP contribution in [-0.4, -0.2) is 12.2 Å². The Hall–Kier alpha value is -1.74. The molecule has 96 valence electrons. The molecule has 0 aromatic heterocycles. The minimum atomic E-state index is -0.0277. The first-order valence-electron chi connectivity index (χ1n) is 6.25. The lowest BCUT2D eigenvalue weighted by Gasteiger charge is -2.06. The molecule has 1 aliphatic rings. The van der Waals surface area contributed by atoms with Gasteiger partial charge in [-0.15, -0.1) is 11.8 Å². The lowest BCUT2D eigenvalue weighted by atomic mass is 10.1. The summed E-state index contributed by atoms with van der Waals surface area (Å²) >= 11 is 1.76. The molecule has 2 aromatic carbocycles. The zero-order chi connectivity index (χ0) is 13.4. The fourth-order valence-electron chi connectivity index (χ4n) is 2.58. The van der Waals surface area contributed by atoms with Crippen LogP contribution in [-0.2, 0) is 11.2 Å². The molecule has 0 saturated carbocycles. The molecule has 3 heteroatoms. The summed E-state index contributed by atoms with van der Waals surface area (Å²) in [4.78, 5) is 12.4. The molecule has 0 bridgehead atoms. The first kappa shape index (κ1) is 12.3. The second kappa shape index (κ2) is 4.74. The van der Waals surface area contributed by atoms with Gasteiger partial charge in [-0.3, -0.25) is 4.79 Å². The number of rotatable bonds is 2. The van der Waals surface area contributed by atoms with Gasteiger partial charge in [0.05, 0.1) is 0 Å². The second-order valence-corrected chi connectivity index (χ2v) is 5.63. The Morgan fingerprint density at radius 3 is 2.68 bits per heavy atom. The molecule has 0 heterocycles. The summed E-state index contributed by atoms with van der Waals surface area (Å²) in [5.41, 5.74) is 6.16. The predicted octanol–water partition coefficient (Wildman–Crippen LogP) is 3.94. The van der Waals surface area contributed by atoms with E-state index in [1.54, 1.807) is 11.8 Å². The molecule has 0 saturated heterocycles. The summed E-state index contributed by atoms with van der Waals surface area (Å²) in [6.45, 7) is 1.53. The van der Waals surface area contributed by atoms with E-state index >= 15 is 0 Å². The third-order valence-corrected chi connectivity index (χ3v) is 4.14. The van der Waals surface area contributed by atoms with Gasteiger partial charge >= 0.3 is 0 Å². The maximum atomic E-state index is 11.1. The van der Waals surface area contributed by atoms with Gasteiger partial charge in [-0.2, -0.15) is 0 Å². The van der Waals surface area contributed by atoms with E-state index in [1.807, 2.05) is 6.07 Å². The molecular weight excluding hydrogens is 254 g/mol. The number of carbonyl (C=O) groups excluding carboxylic acids is 1. The van der Waals surface area contributed by atoms with Crippen LogP contribution in [0.5, 0.6) is 0 Å². The molecule has 3 rings (SSSR count). The lowest BCUT2D eigenvalue weighted by Crippen LogP contribution is -2.05. The molecule has 0 unspecified atom stereocenters. The van der Waals surface area contributed by atoms with E-state index in [2.05, 4.69) is 41.9 Å². The van der Waals surface area contributed by atoms with Gasteiger partial charge < -0.3 is 5.32 Å². The van der Waals surface area contributed by atoms with Crippen molar-refractivity contribution >= 4 is 23.4 Å². The molecule has 2 aromatic rings. The first-order valence-corrected chi connectivity index (χ1v) is 7.47. The fourth-order valence-corrected chi connectivity index (χ4v) is 3.02. The summed E-state index contributed by atoms with van der Waals surface area (Å²) < 4.78 is 0. The van der Waals surface area contributed by atoms with E-state index in [0.717, 1.165) is 12.1 Å². The van der Waals surface area contributed by atoms with E-state index in [0.29, 0.717) is 0 Å². The zero-order valence-electron chi connectivity index (χ0n) is 11.0. The highest BCUT2D eigenvalue weighted by atomic mass is 32.2. The Morgan fingerprint density at radius 2 is 1.95 bits per heavy atom. The Kier molecular flexibility index (Phi) is 3.07. The smallest absolute Gasteiger partial charge is 0.221 e. The summed E-state index contributed by atoms with van der Waals surface area (Å²) in [6, 6.07) is 12.8. The van der Waals surface area contributed by atoms with Crippen LogP contribution in [0.2, 0.25) is 0 Å². The van der Waals surface area contributed by atoms with Gasteiger partial charge in [-0.25, -0.2) is 0 Å². The van der Waals surface area contributed by atoms with Crippen molar-refractivity contribution in [3.05, 3.63) is 47.5 Å². The van der Waals surface area contributed by atoms with Crippen molar-refractivity contribution in [1.29, 1.82) is 0 Å². The first-order chi connectivity index (χ1) is 9.17. The van der Waals surface area contributed by atoms with Crippen molar-refractivity contribution in [2.45, 2.75) is 18.2 Å². The lowest BCUT2D eigenvalue weighted by molar-refractivity contribution is -0.114. The van der Waals surface area contributed by atoms with Crippen LogP contribution in [0.1, 0.15) is 18.1 Å². The van der Waals surface area contributed by atoms with Crippen LogP contribution in [0.3, 0.4) is 0 Å². The molecular formula is C16H15NOS. The van der Waals surface area contributed by atoms with Crippen LogP contribution in [0.4, 0.5) is 5.69 Å². The molecule has 0 fully saturated rings. The number of carbonyl (C=O) groups is 1. The monoisotopic (exact) mass is 269 g/mol. The van der Waals surface area contributed by atoms with Crippen molar-refractivity contribution in [3.63, 3.8) is 0 Å². The second-order valence-electron chi connectivity index (χ2n) is 4.75. The summed E-state index contributed by atoms with van der Waals surface area (Å²) in [7, 11) is 0. The molecule has 2 nitrogen and oxygen atoms in total. The number of anilines is 1. The van der Waals surface area contributed by atoms with Crippen molar-refractivity contribution in [2.24, 2.45) is 0 Å². The number of hydrogen-bond acceptors (Lipinski definition) is 2. The maximum absolute atomic E-state index is 11.1. The van der Waals surface area contributed by atoms with Gasteiger partial charge in [-0.05, 0) is 59.2 Å². The highest BCUT2D eigenvalue weighted by molar-refractivity contribution is 7.98. The van der Waals surface area contributed by atoms with Crippen LogP contribution in [0, 0.1) is 0 Å². The number of nitrogens with one attached hydrogen (secondary N) is 1. The highest BCUT2D eigenvalue weighted by Crippen LogP contribution is 2.39. The molecule has 0 aliphatic heterocycles. The third kappa shape index (κ3) is 2.26. The quantitative estimate of drug-likeness (QED) is 0.714. The third-order valence-electron chi connectivity index (χ3n) is 3.41. The fraction of sp³-hybridized carbons (Fsp3) is 0.188. The minimum Gasteiger partial charge on any atom is -0.326 e. The Morgan fingerprint density at radius 1 is 1.11 bits per heavy atom. The average molecular weight is 269 g/mol. The Labute approximate surface area is 117 Å². The van der Waals surface area contributed by atoms with Crippen LogP contribution in [0.25, 0.3) is 11.1 Å². The van der Waals surface area contributed by atoms with Crippen molar-refractivity contribution in [1.82, 2.24) is 0 Å². The summed E-state index contributed by atoms with van der Waals surface area (Å²) in [5, 5.41) is 2.84. The Balaban J connectivity index is 2.02. The van der Waals surface area contributed by atoms with Crippen molar-refractivity contribution < 1.29 is 4.79 Å². The predicted molar refractivity (Wildman–Crippen MR) is 80.8 cm³/mol. The molecule has 1 N–H and O–H groups in total. The Bertz CT molecular complexity index is 664. The number of amides is 1. The summed E-state index contributed by atoms with van der Waals surface area (Å²) in [5.74, 6) is -0.0277. The molecule has 1 aliphatic carbocycles. The topological polar surface area (TPSA) is 29.1 Å². The largest absolute Gasteiger partial charge is 0.326 e. The van der Waals surface area contributed by atoms with E-state index in [-0.39, 0.29) is 5.91 Å². The van der Waals surface area contributed by atoms with E-state index in [9.17, 15) is 4.79 Å². The van der Waals surface area contributed by atoms with Gasteiger partial charge in [0.15, 0.2) is 0 Å². The minimum absolute atomic E-state index is 0.0277. The van der Waals surface area contributed by atoms with Gasteiger partial charge in [0.1, 0.15) is 0 Å². The van der Waals surface area contributed by atoms with E-state index < -0.39 is 0 Å².